The first-order valence-electron chi connectivity index (χ1n) is 8.16. The zero-order chi connectivity index (χ0) is 18.3. The Labute approximate surface area is 151 Å². The van der Waals surface area contributed by atoms with Crippen molar-refractivity contribution in [1.29, 1.82) is 0 Å². The Morgan fingerprint density at radius 3 is 2.38 bits per heavy atom. The van der Waals surface area contributed by atoms with Gasteiger partial charge in [-0.2, -0.15) is 0 Å². The Kier molecular flexibility index (Phi) is 3.92. The lowest BCUT2D eigenvalue weighted by molar-refractivity contribution is -0.115. The number of methoxy groups -OCH3 is 1. The van der Waals surface area contributed by atoms with Crippen molar-refractivity contribution in [2.24, 2.45) is 0 Å². The van der Waals surface area contributed by atoms with E-state index in [0.717, 1.165) is 10.8 Å². The first kappa shape index (κ1) is 16.6. The molecular formula is C20H17NO4S. The fraction of sp³-hybridized carbons (Fsp3) is 0.150. The molecule has 0 spiro atoms. The summed E-state index contributed by atoms with van der Waals surface area (Å²) >= 11 is 0. The van der Waals surface area contributed by atoms with E-state index in [1.54, 1.807) is 37.4 Å². The van der Waals surface area contributed by atoms with E-state index in [1.165, 1.54) is 4.90 Å². The van der Waals surface area contributed by atoms with Crippen LogP contribution in [-0.2, 0) is 14.6 Å². The molecule has 1 atom stereocenters. The van der Waals surface area contributed by atoms with E-state index in [1.807, 2.05) is 36.4 Å². The second kappa shape index (κ2) is 6.14. The first-order chi connectivity index (χ1) is 12.5. The minimum atomic E-state index is -3.64. The van der Waals surface area contributed by atoms with Crippen LogP contribution in [0.2, 0.25) is 0 Å². The van der Waals surface area contributed by atoms with Crippen molar-refractivity contribution in [3.63, 3.8) is 0 Å². The lowest BCUT2D eigenvalue weighted by atomic mass is 10.1. The Hall–Kier alpha value is -2.86. The van der Waals surface area contributed by atoms with Gasteiger partial charge >= 0.3 is 0 Å². The maximum Gasteiger partial charge on any atom is 0.243 e. The number of rotatable bonds is 3. The highest BCUT2D eigenvalue weighted by atomic mass is 32.2. The minimum Gasteiger partial charge on any atom is -0.497 e. The van der Waals surface area contributed by atoms with Gasteiger partial charge in [0.05, 0.1) is 12.8 Å². The third-order valence-corrected chi connectivity index (χ3v) is 6.41. The molecule has 0 aromatic heterocycles. The van der Waals surface area contributed by atoms with Crippen LogP contribution in [0.5, 0.6) is 5.75 Å². The van der Waals surface area contributed by atoms with Gasteiger partial charge in [-0.15, -0.1) is 0 Å². The average Bonchev–Trinajstić information content (AvgIpc) is 2.89. The molecule has 132 valence electrons. The van der Waals surface area contributed by atoms with Gasteiger partial charge in [0, 0.05) is 5.39 Å². The molecule has 4 rings (SSSR count). The van der Waals surface area contributed by atoms with Crippen LogP contribution in [-0.4, -0.2) is 27.2 Å². The number of benzene rings is 3. The summed E-state index contributed by atoms with van der Waals surface area (Å²) < 4.78 is 30.7. The number of carbonyl (C=O) groups is 1. The maximum absolute atomic E-state index is 12.8. The summed E-state index contributed by atoms with van der Waals surface area (Å²) in [7, 11) is -2.09. The molecule has 26 heavy (non-hydrogen) atoms. The molecule has 1 heterocycles. The summed E-state index contributed by atoms with van der Waals surface area (Å²) in [6, 6.07) is 20.0. The van der Waals surface area contributed by atoms with Gasteiger partial charge in [-0.3, -0.25) is 9.69 Å². The molecule has 1 saturated heterocycles. The number of sulfone groups is 1. The van der Waals surface area contributed by atoms with Gasteiger partial charge < -0.3 is 4.74 Å². The van der Waals surface area contributed by atoms with Gasteiger partial charge in [0.2, 0.25) is 5.91 Å². The number of fused-ring (bicyclic) bond motifs is 1. The van der Waals surface area contributed by atoms with Crippen LogP contribution in [0.1, 0.15) is 10.9 Å². The average molecular weight is 367 g/mol. The standard InChI is InChI=1S/C20H17NO4S/c1-25-16-11-9-15(10-12-16)20-21(19(22)13-26(20,23)24)18-8-4-6-14-5-2-3-7-17(14)18/h2-12,20H,13H2,1H3. The van der Waals surface area contributed by atoms with Crippen LogP contribution >= 0.6 is 0 Å². The van der Waals surface area contributed by atoms with Crippen LogP contribution in [0.4, 0.5) is 5.69 Å². The van der Waals surface area contributed by atoms with E-state index in [9.17, 15) is 13.2 Å². The smallest absolute Gasteiger partial charge is 0.243 e. The molecule has 3 aromatic rings. The van der Waals surface area contributed by atoms with Crippen LogP contribution in [0, 0.1) is 0 Å². The topological polar surface area (TPSA) is 63.7 Å². The number of anilines is 1. The van der Waals surface area contributed by atoms with Gasteiger partial charge in [-0.1, -0.05) is 48.5 Å². The molecular weight excluding hydrogens is 350 g/mol. The largest absolute Gasteiger partial charge is 0.497 e. The highest BCUT2D eigenvalue weighted by Crippen LogP contribution is 2.40. The van der Waals surface area contributed by atoms with Crippen LogP contribution < -0.4 is 9.64 Å². The highest BCUT2D eigenvalue weighted by molar-refractivity contribution is 7.93. The van der Waals surface area contributed by atoms with Crippen molar-refractivity contribution in [3.05, 3.63) is 72.3 Å². The Bertz CT molecular complexity index is 1090. The van der Waals surface area contributed by atoms with E-state index in [2.05, 4.69) is 0 Å². The van der Waals surface area contributed by atoms with Gasteiger partial charge in [0.15, 0.2) is 15.2 Å². The maximum atomic E-state index is 12.8. The monoisotopic (exact) mass is 367 g/mol. The molecule has 0 saturated carbocycles. The van der Waals surface area contributed by atoms with Crippen LogP contribution in [0.25, 0.3) is 10.8 Å². The predicted octanol–water partition coefficient (Wildman–Crippen LogP) is 3.31. The van der Waals surface area contributed by atoms with E-state index in [-0.39, 0.29) is 0 Å². The molecule has 6 heteroatoms. The Morgan fingerprint density at radius 2 is 1.65 bits per heavy atom. The molecule has 1 amide bonds. The van der Waals surface area contributed by atoms with Crippen molar-refractivity contribution in [3.8, 4) is 5.75 Å². The van der Waals surface area contributed by atoms with E-state index in [0.29, 0.717) is 17.0 Å². The minimum absolute atomic E-state index is 0.415. The first-order valence-corrected chi connectivity index (χ1v) is 9.88. The van der Waals surface area contributed by atoms with Crippen molar-refractivity contribution in [2.75, 3.05) is 17.8 Å². The zero-order valence-corrected chi connectivity index (χ0v) is 14.9. The molecule has 0 bridgehead atoms. The fourth-order valence-electron chi connectivity index (χ4n) is 3.42. The van der Waals surface area contributed by atoms with Crippen molar-refractivity contribution < 1.29 is 17.9 Å². The fourth-order valence-corrected chi connectivity index (χ4v) is 5.18. The van der Waals surface area contributed by atoms with Crippen molar-refractivity contribution in [2.45, 2.75) is 5.37 Å². The zero-order valence-electron chi connectivity index (χ0n) is 14.1. The van der Waals surface area contributed by atoms with Crippen molar-refractivity contribution >= 4 is 32.2 Å². The third-order valence-electron chi connectivity index (χ3n) is 4.60. The molecule has 0 radical (unpaired) electrons. The van der Waals surface area contributed by atoms with Gasteiger partial charge in [0.25, 0.3) is 0 Å². The molecule has 1 unspecified atom stereocenters. The lowest BCUT2D eigenvalue weighted by Gasteiger charge is -2.25. The van der Waals surface area contributed by atoms with E-state index >= 15 is 0 Å². The Morgan fingerprint density at radius 1 is 0.962 bits per heavy atom. The van der Waals surface area contributed by atoms with Gasteiger partial charge in [0.1, 0.15) is 11.5 Å². The number of amides is 1. The van der Waals surface area contributed by atoms with Crippen LogP contribution in [0.15, 0.2) is 66.7 Å². The normalized spacial score (nSPS) is 19.0. The van der Waals surface area contributed by atoms with Crippen molar-refractivity contribution in [1.82, 2.24) is 0 Å². The summed E-state index contributed by atoms with van der Waals surface area (Å²) in [5.41, 5.74) is 1.15. The SMILES string of the molecule is COc1ccc(C2N(c3cccc4ccccc34)C(=O)CS2(=O)=O)cc1. The second-order valence-corrected chi connectivity index (χ2v) is 8.26. The molecule has 3 aromatic carbocycles. The number of hydrogen-bond acceptors (Lipinski definition) is 4. The Balaban J connectivity index is 1.91. The molecule has 1 aliphatic rings. The lowest BCUT2D eigenvalue weighted by Crippen LogP contribution is -2.29. The molecule has 5 nitrogen and oxygen atoms in total. The number of hydrogen-bond donors (Lipinski definition) is 0. The molecule has 0 N–H and O–H groups in total. The highest BCUT2D eigenvalue weighted by Gasteiger charge is 2.46. The van der Waals surface area contributed by atoms with Crippen LogP contribution in [0.3, 0.4) is 0 Å². The summed E-state index contributed by atoms with van der Waals surface area (Å²) in [5, 5.41) is 0.765. The van der Waals surface area contributed by atoms with E-state index in [4.69, 9.17) is 4.74 Å². The van der Waals surface area contributed by atoms with E-state index < -0.39 is 26.9 Å². The summed E-state index contributed by atoms with van der Waals surface area (Å²) in [6.45, 7) is 0. The van der Waals surface area contributed by atoms with Gasteiger partial charge in [-0.25, -0.2) is 8.42 Å². The molecule has 1 fully saturated rings. The summed E-state index contributed by atoms with van der Waals surface area (Å²) in [6.07, 6.45) is 0. The number of nitrogens with zero attached hydrogens (tertiary/aromatic N) is 1. The molecule has 1 aliphatic heterocycles. The number of ether oxygens (including phenoxy) is 1. The predicted molar refractivity (Wildman–Crippen MR) is 101 cm³/mol. The molecule has 0 aliphatic carbocycles. The second-order valence-electron chi connectivity index (χ2n) is 6.19. The van der Waals surface area contributed by atoms with Gasteiger partial charge in [-0.05, 0) is 29.1 Å². The quantitative estimate of drug-likeness (QED) is 0.712. The summed E-state index contributed by atoms with van der Waals surface area (Å²) in [5.74, 6) is -0.276. The summed E-state index contributed by atoms with van der Waals surface area (Å²) in [4.78, 5) is 14.1. The third kappa shape index (κ3) is 2.63. The number of carbonyl (C=O) groups excluding carboxylic acids is 1.